The van der Waals surface area contributed by atoms with Crippen LogP contribution in [0.4, 0.5) is 45.5 Å². The Kier molecular flexibility index (Phi) is 10.6. The Hall–Kier alpha value is -9.12. The number of anilines is 8. The number of nitrogens with zero attached hydrogens (tertiary/aromatic N) is 2. The molecule has 0 amide bonds. The quantitative estimate of drug-likeness (QED) is 0.145. The highest BCUT2D eigenvalue weighted by atomic mass is 15.2. The van der Waals surface area contributed by atoms with E-state index in [9.17, 15) is 0 Å². The van der Waals surface area contributed by atoms with Gasteiger partial charge in [-0.1, -0.05) is 227 Å². The molecule has 2 aliphatic heterocycles. The summed E-state index contributed by atoms with van der Waals surface area (Å²) in [4.78, 5) is 5.05. The van der Waals surface area contributed by atoms with Gasteiger partial charge in [0.2, 0.25) is 0 Å². The molecule has 76 heavy (non-hydrogen) atoms. The van der Waals surface area contributed by atoms with E-state index in [0.717, 1.165) is 39.7 Å². The van der Waals surface area contributed by atoms with Crippen molar-refractivity contribution in [3.8, 4) is 55.6 Å². The van der Waals surface area contributed by atoms with Crippen LogP contribution in [-0.2, 0) is 10.8 Å². The largest absolute Gasteiger partial charge is 0.355 e. The van der Waals surface area contributed by atoms with Gasteiger partial charge in [0.1, 0.15) is 0 Å². The molecule has 3 nitrogen and oxygen atoms in total. The molecule has 1 radical (unpaired) electrons. The van der Waals surface area contributed by atoms with E-state index >= 15 is 0 Å². The van der Waals surface area contributed by atoms with E-state index in [0.29, 0.717) is 0 Å². The number of benzene rings is 11. The van der Waals surface area contributed by atoms with Crippen molar-refractivity contribution in [3.05, 3.63) is 277 Å². The minimum Gasteiger partial charge on any atom is -0.355 e. The van der Waals surface area contributed by atoms with E-state index < -0.39 is 0 Å². The SMILES string of the molecule is CC1(C)c2ccccc2-c2c1ccc(Nc1ccc(-c3ccccc3)cc1)c2-c1cc(N(c2ccc(-c3ccccc3)cc2)c2ccc(-c3ccccc3)cc2)cc2c1[B]c1cccc3c1N2c1ccccc1C3(C)C. The lowest BCUT2D eigenvalue weighted by Gasteiger charge is -2.46. The average molecular weight is 973 g/mol. The van der Waals surface area contributed by atoms with Gasteiger partial charge in [-0.2, -0.15) is 0 Å². The molecule has 0 fully saturated rings. The predicted molar refractivity (Wildman–Crippen MR) is 322 cm³/mol. The van der Waals surface area contributed by atoms with Gasteiger partial charge < -0.3 is 15.1 Å². The van der Waals surface area contributed by atoms with Crippen molar-refractivity contribution < 1.29 is 0 Å². The van der Waals surface area contributed by atoms with Crippen LogP contribution in [0.3, 0.4) is 0 Å². The highest BCUT2D eigenvalue weighted by molar-refractivity contribution is 6.73. The Morgan fingerprint density at radius 3 is 1.47 bits per heavy atom. The van der Waals surface area contributed by atoms with Crippen LogP contribution < -0.4 is 26.0 Å². The number of nitrogens with one attached hydrogen (secondary N) is 1. The second-order valence-corrected chi connectivity index (χ2v) is 21.6. The molecule has 1 N–H and O–H groups in total. The summed E-state index contributed by atoms with van der Waals surface area (Å²) >= 11 is 0. The minimum absolute atomic E-state index is 0.222. The third-order valence-electron chi connectivity index (χ3n) is 16.5. The van der Waals surface area contributed by atoms with Crippen molar-refractivity contribution in [2.45, 2.75) is 38.5 Å². The standard InChI is InChI=1S/C72H55BN3/c1-71(2)59-26-15-14-25-57(59)67-61(71)43-44-64(74-53-37-31-50(32-38-53)47-19-8-5-9-20-47)68(67)58-45-56(46-66-69(58)73-63-29-18-28-62-70(63)76(66)65-30-17-16-27-60(65)72(62,3)4)75(54-39-33-51(34-40-54)48-21-10-6-11-22-48)55-41-35-52(36-42-55)49-23-12-7-13-24-49/h5-46,74H,1-4H3. The van der Waals surface area contributed by atoms with E-state index in [1.165, 1.54) is 94.6 Å². The van der Waals surface area contributed by atoms with Crippen LogP contribution in [0, 0.1) is 0 Å². The lowest BCUT2D eigenvalue weighted by molar-refractivity contribution is 0.632. The van der Waals surface area contributed by atoms with Crippen LogP contribution in [0.2, 0.25) is 0 Å². The Balaban J connectivity index is 1.06. The summed E-state index contributed by atoms with van der Waals surface area (Å²) in [5.41, 5.74) is 28.1. The monoisotopic (exact) mass is 972 g/mol. The molecule has 11 aromatic rings. The number of fused-ring (bicyclic) bond motifs is 7. The molecular formula is C72H55BN3. The van der Waals surface area contributed by atoms with E-state index in [1.54, 1.807) is 0 Å². The van der Waals surface area contributed by atoms with Crippen molar-refractivity contribution in [3.63, 3.8) is 0 Å². The van der Waals surface area contributed by atoms with E-state index in [-0.39, 0.29) is 10.8 Å². The normalized spacial score (nSPS) is 13.8. The average Bonchev–Trinajstić information content (AvgIpc) is 3.85. The van der Waals surface area contributed by atoms with Crippen molar-refractivity contribution in [2.24, 2.45) is 0 Å². The maximum atomic E-state index is 4.05. The fraction of sp³-hybridized carbons (Fsp3) is 0.0833. The van der Waals surface area contributed by atoms with Gasteiger partial charge in [-0.25, -0.2) is 0 Å². The van der Waals surface area contributed by atoms with Gasteiger partial charge in [-0.15, -0.1) is 0 Å². The molecule has 0 bridgehead atoms. The molecule has 361 valence electrons. The first-order valence-corrected chi connectivity index (χ1v) is 26.6. The first-order chi connectivity index (χ1) is 37.2. The second kappa shape index (κ2) is 17.8. The van der Waals surface area contributed by atoms with Gasteiger partial charge in [0, 0.05) is 56.2 Å². The van der Waals surface area contributed by atoms with Crippen LogP contribution in [0.5, 0.6) is 0 Å². The van der Waals surface area contributed by atoms with Crippen LogP contribution in [0.25, 0.3) is 55.6 Å². The van der Waals surface area contributed by atoms with E-state index in [4.69, 9.17) is 0 Å². The Morgan fingerprint density at radius 2 is 0.868 bits per heavy atom. The topological polar surface area (TPSA) is 18.5 Å². The van der Waals surface area contributed by atoms with E-state index in [2.05, 4.69) is 305 Å². The van der Waals surface area contributed by atoms with Crippen molar-refractivity contribution in [2.75, 3.05) is 15.1 Å². The van der Waals surface area contributed by atoms with Gasteiger partial charge in [0.15, 0.2) is 7.28 Å². The summed E-state index contributed by atoms with van der Waals surface area (Å²) in [6.45, 7) is 9.54. The highest BCUT2D eigenvalue weighted by Gasteiger charge is 2.43. The summed E-state index contributed by atoms with van der Waals surface area (Å²) in [5, 5.41) is 4.05. The summed E-state index contributed by atoms with van der Waals surface area (Å²) in [6.07, 6.45) is 0. The van der Waals surface area contributed by atoms with Crippen LogP contribution in [0.1, 0.15) is 49.9 Å². The van der Waals surface area contributed by atoms with Crippen LogP contribution in [0.15, 0.2) is 255 Å². The molecule has 0 spiro atoms. The Morgan fingerprint density at radius 1 is 0.368 bits per heavy atom. The molecule has 0 unspecified atom stereocenters. The summed E-state index contributed by atoms with van der Waals surface area (Å²) in [5.74, 6) is 0. The maximum Gasteiger partial charge on any atom is 0.197 e. The summed E-state index contributed by atoms with van der Waals surface area (Å²) < 4.78 is 0. The highest BCUT2D eigenvalue weighted by Crippen LogP contribution is 2.57. The summed E-state index contributed by atoms with van der Waals surface area (Å²) in [7, 11) is 2.48. The van der Waals surface area contributed by atoms with Gasteiger partial charge in [-0.3, -0.25) is 0 Å². The van der Waals surface area contributed by atoms with Gasteiger partial charge in [0.05, 0.1) is 5.69 Å². The minimum atomic E-state index is -0.232. The molecular weight excluding hydrogens is 918 g/mol. The molecule has 11 aromatic carbocycles. The molecule has 0 saturated heterocycles. The Labute approximate surface area is 447 Å². The second-order valence-electron chi connectivity index (χ2n) is 21.6. The number of hydrogen-bond donors (Lipinski definition) is 1. The number of para-hydroxylation sites is 2. The Bertz CT molecular complexity index is 3930. The van der Waals surface area contributed by atoms with E-state index in [1.807, 2.05) is 0 Å². The van der Waals surface area contributed by atoms with Crippen molar-refractivity contribution in [1.29, 1.82) is 0 Å². The van der Waals surface area contributed by atoms with Gasteiger partial charge in [-0.05, 0) is 138 Å². The molecule has 0 atom stereocenters. The molecule has 4 heteroatoms. The molecule has 1 aliphatic carbocycles. The molecule has 0 aromatic heterocycles. The first kappa shape index (κ1) is 45.5. The molecule has 0 saturated carbocycles. The van der Waals surface area contributed by atoms with Crippen LogP contribution in [-0.4, -0.2) is 7.28 Å². The molecule has 2 heterocycles. The first-order valence-electron chi connectivity index (χ1n) is 26.6. The molecule has 14 rings (SSSR count). The zero-order valence-electron chi connectivity index (χ0n) is 43.2. The van der Waals surface area contributed by atoms with Crippen LogP contribution >= 0.6 is 0 Å². The molecule has 3 aliphatic rings. The third-order valence-corrected chi connectivity index (χ3v) is 16.5. The van der Waals surface area contributed by atoms with Crippen molar-refractivity contribution >= 4 is 63.7 Å². The summed E-state index contributed by atoms with van der Waals surface area (Å²) in [6, 6.07) is 93.8. The zero-order chi connectivity index (χ0) is 51.1. The maximum absolute atomic E-state index is 4.05. The lowest BCUT2D eigenvalue weighted by Crippen LogP contribution is -2.45. The fourth-order valence-corrected chi connectivity index (χ4v) is 12.6. The third kappa shape index (κ3) is 7.34. The number of hydrogen-bond acceptors (Lipinski definition) is 3. The van der Waals surface area contributed by atoms with Crippen molar-refractivity contribution in [1.82, 2.24) is 0 Å². The number of rotatable bonds is 9. The van der Waals surface area contributed by atoms with Gasteiger partial charge >= 0.3 is 0 Å². The zero-order valence-corrected chi connectivity index (χ0v) is 43.2. The fourth-order valence-electron chi connectivity index (χ4n) is 12.6. The lowest BCUT2D eigenvalue weighted by atomic mass is 9.55. The predicted octanol–water partition coefficient (Wildman–Crippen LogP) is 18.0. The smallest absolute Gasteiger partial charge is 0.197 e. The van der Waals surface area contributed by atoms with Gasteiger partial charge in [0.25, 0.3) is 0 Å².